The molecule has 1 aliphatic rings. The molecule has 182 valence electrons. The smallest absolute Gasteiger partial charge is 0.266 e. The van der Waals surface area contributed by atoms with Gasteiger partial charge in [-0.3, -0.25) is 9.36 Å². The summed E-state index contributed by atoms with van der Waals surface area (Å²) in [5, 5.41) is 13.2. The molecular formula is C23H23BrClN7O3. The number of aliphatic imine (C=N–C) groups is 1. The van der Waals surface area contributed by atoms with Crippen molar-refractivity contribution in [1.82, 2.24) is 29.3 Å². The lowest BCUT2D eigenvalue weighted by molar-refractivity contribution is 0.414. The number of aromatic nitrogens is 6. The van der Waals surface area contributed by atoms with E-state index in [-0.39, 0.29) is 5.56 Å². The maximum absolute atomic E-state index is 13.3. The maximum Gasteiger partial charge on any atom is 0.266 e. The average Bonchev–Trinajstić information content (AvgIpc) is 3.58. The molecule has 0 amide bonds. The quantitative estimate of drug-likeness (QED) is 0.276. The number of aryl methyl sites for hydroxylation is 3. The predicted octanol–water partition coefficient (Wildman–Crippen LogP) is 4.56. The van der Waals surface area contributed by atoms with Crippen LogP contribution in [0.1, 0.15) is 43.4 Å². The maximum atomic E-state index is 13.3. The minimum Gasteiger partial charge on any atom is -0.497 e. The minimum atomic E-state index is -0.140. The number of rotatable bonds is 9. The summed E-state index contributed by atoms with van der Waals surface area (Å²) in [5.41, 5.74) is 1.13. The summed E-state index contributed by atoms with van der Waals surface area (Å²) in [6, 6.07) is 5.24. The van der Waals surface area contributed by atoms with Crippen LogP contribution < -0.4 is 10.3 Å². The molecule has 0 saturated carbocycles. The van der Waals surface area contributed by atoms with Gasteiger partial charge in [0, 0.05) is 25.8 Å². The van der Waals surface area contributed by atoms with E-state index in [1.165, 1.54) is 0 Å². The van der Waals surface area contributed by atoms with Gasteiger partial charge in [-0.15, -0.1) is 10.2 Å². The highest BCUT2D eigenvalue weighted by molar-refractivity contribution is 9.18. The number of fused-ring (bicyclic) bond motifs is 2. The van der Waals surface area contributed by atoms with E-state index < -0.39 is 0 Å². The van der Waals surface area contributed by atoms with Crippen LogP contribution in [0.15, 0.2) is 32.5 Å². The SMILES string of the molecule is CCCCCn1c2c(c(=O)n3c(CCc4noc(-c5ccc(OC)cc5Cl)n4)nnc13)CC(Br)=N2. The monoisotopic (exact) mass is 559 g/mol. The second kappa shape index (κ2) is 9.90. The third-order valence-corrected chi connectivity index (χ3v) is 6.69. The van der Waals surface area contributed by atoms with Gasteiger partial charge < -0.3 is 9.26 Å². The summed E-state index contributed by atoms with van der Waals surface area (Å²) in [7, 11) is 1.57. The van der Waals surface area contributed by atoms with E-state index in [4.69, 9.17) is 20.9 Å². The molecule has 4 heterocycles. The van der Waals surface area contributed by atoms with Crippen LogP contribution in [-0.2, 0) is 25.8 Å². The zero-order valence-corrected chi connectivity index (χ0v) is 21.6. The first-order valence-electron chi connectivity index (χ1n) is 11.4. The Balaban J connectivity index is 1.42. The zero-order chi connectivity index (χ0) is 24.5. The molecule has 0 spiro atoms. The van der Waals surface area contributed by atoms with Gasteiger partial charge in [-0.05, 0) is 40.5 Å². The summed E-state index contributed by atoms with van der Waals surface area (Å²) in [6.07, 6.45) is 4.45. The van der Waals surface area contributed by atoms with E-state index in [0.717, 1.165) is 30.4 Å². The predicted molar refractivity (Wildman–Crippen MR) is 135 cm³/mol. The van der Waals surface area contributed by atoms with Gasteiger partial charge >= 0.3 is 0 Å². The van der Waals surface area contributed by atoms with Crippen molar-refractivity contribution in [3.8, 4) is 17.2 Å². The van der Waals surface area contributed by atoms with Crippen molar-refractivity contribution in [2.24, 2.45) is 4.99 Å². The molecule has 0 N–H and O–H groups in total. The summed E-state index contributed by atoms with van der Waals surface area (Å²) in [6.45, 7) is 2.87. The molecule has 1 aromatic carbocycles. The molecule has 12 heteroatoms. The summed E-state index contributed by atoms with van der Waals surface area (Å²) < 4.78 is 14.9. The Morgan fingerprint density at radius 3 is 2.86 bits per heavy atom. The molecule has 35 heavy (non-hydrogen) atoms. The number of hydrogen-bond acceptors (Lipinski definition) is 8. The molecular weight excluding hydrogens is 538 g/mol. The second-order valence-electron chi connectivity index (χ2n) is 8.24. The molecule has 0 atom stereocenters. The Morgan fingerprint density at radius 1 is 1.23 bits per heavy atom. The summed E-state index contributed by atoms with van der Waals surface area (Å²) in [5.74, 6) is 3.17. The van der Waals surface area contributed by atoms with Gasteiger partial charge in [0.1, 0.15) is 17.4 Å². The van der Waals surface area contributed by atoms with E-state index >= 15 is 0 Å². The van der Waals surface area contributed by atoms with Crippen LogP contribution in [0, 0.1) is 0 Å². The third kappa shape index (κ3) is 4.50. The van der Waals surface area contributed by atoms with Gasteiger partial charge in [0.25, 0.3) is 11.4 Å². The van der Waals surface area contributed by atoms with E-state index in [2.05, 4.69) is 48.2 Å². The van der Waals surface area contributed by atoms with Crippen LogP contribution in [0.2, 0.25) is 5.02 Å². The van der Waals surface area contributed by atoms with Crippen LogP contribution in [0.25, 0.3) is 17.2 Å². The number of halogens is 2. The standard InChI is InChI=1S/C23H23BrClN7O3/c1-3-4-5-10-31-20-15(12-17(24)26-20)22(33)32-19(28-29-23(31)32)9-8-18-27-21(35-30-18)14-7-6-13(34-2)11-16(14)25/h6-7,11H,3-5,8-10,12H2,1-2H3. The normalized spacial score (nSPS) is 12.9. The van der Waals surface area contributed by atoms with E-state index in [0.29, 0.717) is 70.3 Å². The van der Waals surface area contributed by atoms with Gasteiger partial charge in [-0.25, -0.2) is 9.39 Å². The van der Waals surface area contributed by atoms with E-state index in [1.54, 1.807) is 29.7 Å². The Hall–Kier alpha value is -3.05. The van der Waals surface area contributed by atoms with Crippen molar-refractivity contribution in [3.05, 3.63) is 50.8 Å². The van der Waals surface area contributed by atoms with Crippen LogP contribution in [0.3, 0.4) is 0 Å². The highest BCUT2D eigenvalue weighted by Crippen LogP contribution is 2.31. The number of nitrogens with zero attached hydrogens (tertiary/aromatic N) is 7. The van der Waals surface area contributed by atoms with Crippen LogP contribution in [0.4, 0.5) is 5.82 Å². The number of methoxy groups -OCH3 is 1. The lowest BCUT2D eigenvalue weighted by atomic mass is 10.2. The van der Waals surface area contributed by atoms with E-state index in [1.807, 2.05) is 4.57 Å². The molecule has 0 radical (unpaired) electrons. The molecule has 0 fully saturated rings. The molecule has 4 aromatic rings. The van der Waals surface area contributed by atoms with Gasteiger partial charge in [0.2, 0.25) is 5.78 Å². The first-order valence-corrected chi connectivity index (χ1v) is 12.6. The molecule has 1 aliphatic heterocycles. The van der Waals surface area contributed by atoms with Crippen molar-refractivity contribution in [2.45, 2.75) is 52.0 Å². The number of benzene rings is 1. The largest absolute Gasteiger partial charge is 0.497 e. The Bertz CT molecular complexity index is 1490. The molecule has 0 saturated heterocycles. The zero-order valence-electron chi connectivity index (χ0n) is 19.3. The highest BCUT2D eigenvalue weighted by atomic mass is 79.9. The molecule has 0 bridgehead atoms. The van der Waals surface area contributed by atoms with Crippen molar-refractivity contribution in [2.75, 3.05) is 7.11 Å². The third-order valence-electron chi connectivity index (χ3n) is 5.92. The molecule has 5 rings (SSSR count). The van der Waals surface area contributed by atoms with Crippen LogP contribution in [-0.4, -0.2) is 41.0 Å². The minimum absolute atomic E-state index is 0.140. The number of hydrogen-bond donors (Lipinski definition) is 0. The van der Waals surface area contributed by atoms with Gasteiger partial charge in [-0.1, -0.05) is 36.5 Å². The first-order chi connectivity index (χ1) is 17.0. The second-order valence-corrected chi connectivity index (χ2v) is 9.57. The highest BCUT2D eigenvalue weighted by Gasteiger charge is 2.25. The van der Waals surface area contributed by atoms with Crippen LogP contribution >= 0.6 is 27.5 Å². The fraction of sp³-hybridized carbons (Fsp3) is 0.391. The van der Waals surface area contributed by atoms with E-state index in [9.17, 15) is 4.79 Å². The van der Waals surface area contributed by atoms with Crippen molar-refractivity contribution >= 4 is 43.7 Å². The van der Waals surface area contributed by atoms with Gasteiger partial charge in [0.05, 0.1) is 27.9 Å². The molecule has 10 nitrogen and oxygen atoms in total. The van der Waals surface area contributed by atoms with Crippen molar-refractivity contribution < 1.29 is 9.26 Å². The molecule has 0 unspecified atom stereocenters. The number of unbranched alkanes of at least 4 members (excludes halogenated alkanes) is 2. The lowest BCUT2D eigenvalue weighted by Crippen LogP contribution is -2.24. The number of ether oxygens (including phenoxy) is 1. The van der Waals surface area contributed by atoms with Gasteiger partial charge in [-0.2, -0.15) is 4.98 Å². The molecule has 0 aliphatic carbocycles. The average molecular weight is 561 g/mol. The Labute approximate surface area is 214 Å². The fourth-order valence-corrected chi connectivity index (χ4v) is 4.83. The fourth-order valence-electron chi connectivity index (χ4n) is 4.13. The first kappa shape index (κ1) is 23.7. The Morgan fingerprint density at radius 2 is 2.09 bits per heavy atom. The summed E-state index contributed by atoms with van der Waals surface area (Å²) in [4.78, 5) is 22.3. The van der Waals surface area contributed by atoms with Crippen molar-refractivity contribution in [1.29, 1.82) is 0 Å². The topological polar surface area (TPSA) is 113 Å². The Kier molecular flexibility index (Phi) is 6.70. The summed E-state index contributed by atoms with van der Waals surface area (Å²) >= 11 is 9.78. The lowest BCUT2D eigenvalue weighted by Gasteiger charge is -2.12. The van der Waals surface area contributed by atoms with Crippen LogP contribution in [0.5, 0.6) is 5.75 Å². The molecule has 3 aromatic heterocycles. The van der Waals surface area contributed by atoms with Gasteiger partial charge in [0.15, 0.2) is 5.82 Å². The van der Waals surface area contributed by atoms with Crippen molar-refractivity contribution in [3.63, 3.8) is 0 Å².